The monoisotopic (exact) mass is 462 g/mol. The van der Waals surface area contributed by atoms with Crippen molar-refractivity contribution < 1.29 is 4.79 Å². The molecule has 34 heavy (non-hydrogen) atoms. The van der Waals surface area contributed by atoms with Crippen molar-refractivity contribution in [3.05, 3.63) is 77.0 Å². The van der Waals surface area contributed by atoms with E-state index in [9.17, 15) is 9.59 Å². The van der Waals surface area contributed by atoms with Crippen LogP contribution in [0.15, 0.2) is 65.7 Å². The molecule has 0 radical (unpaired) electrons. The lowest BCUT2D eigenvalue weighted by Gasteiger charge is -2.40. The lowest BCUT2D eigenvalue weighted by molar-refractivity contribution is -0.127. The molecule has 0 saturated carbocycles. The van der Waals surface area contributed by atoms with Gasteiger partial charge in [-0.3, -0.25) is 9.69 Å². The van der Waals surface area contributed by atoms with E-state index in [1.165, 1.54) is 4.68 Å². The highest BCUT2D eigenvalue weighted by molar-refractivity contribution is 5.83. The molecule has 180 valence electrons. The first kappa shape index (κ1) is 23.8. The van der Waals surface area contributed by atoms with Crippen molar-refractivity contribution in [2.45, 2.75) is 45.8 Å². The molecule has 8 heteroatoms. The minimum absolute atomic E-state index is 0.0200. The van der Waals surface area contributed by atoms with Crippen LogP contribution in [0.4, 0.5) is 5.69 Å². The molecule has 4 rings (SSSR count). The smallest absolute Gasteiger partial charge is 0.350 e. The van der Waals surface area contributed by atoms with Crippen molar-refractivity contribution in [1.82, 2.24) is 24.6 Å². The fourth-order valence-electron chi connectivity index (χ4n) is 4.44. The summed E-state index contributed by atoms with van der Waals surface area (Å²) >= 11 is 0. The van der Waals surface area contributed by atoms with Crippen molar-refractivity contribution in [2.75, 3.05) is 31.1 Å². The van der Waals surface area contributed by atoms with E-state index < -0.39 is 0 Å². The van der Waals surface area contributed by atoms with E-state index in [-0.39, 0.29) is 29.7 Å². The molecule has 1 amide bonds. The maximum absolute atomic E-state index is 13.0. The summed E-state index contributed by atoms with van der Waals surface area (Å²) in [6, 6.07) is 17.8. The summed E-state index contributed by atoms with van der Waals surface area (Å²) in [6.07, 6.45) is 1.57. The first-order valence-electron chi connectivity index (χ1n) is 12.0. The Hall–Kier alpha value is -3.39. The number of nitrogens with zero attached hydrogens (tertiary/aromatic N) is 5. The van der Waals surface area contributed by atoms with Crippen molar-refractivity contribution >= 4 is 11.6 Å². The molecule has 1 aliphatic rings. The molecule has 0 spiro atoms. The summed E-state index contributed by atoms with van der Waals surface area (Å²) < 4.78 is 3.05. The van der Waals surface area contributed by atoms with Crippen molar-refractivity contribution in [1.29, 1.82) is 0 Å². The zero-order chi connectivity index (χ0) is 24.2. The predicted octanol–water partition coefficient (Wildman–Crippen LogP) is 3.00. The molecule has 1 aromatic heterocycles. The second-order valence-electron chi connectivity index (χ2n) is 9.34. The highest BCUT2D eigenvalue weighted by atomic mass is 16.2. The number of hydrogen-bond acceptors (Lipinski definition) is 5. The fourth-order valence-corrected chi connectivity index (χ4v) is 4.44. The summed E-state index contributed by atoms with van der Waals surface area (Å²) in [5.74, 6) is 0.0476. The predicted molar refractivity (Wildman–Crippen MR) is 134 cm³/mol. The Bertz CT molecular complexity index is 1140. The Morgan fingerprint density at radius 1 is 0.882 bits per heavy atom. The van der Waals surface area contributed by atoms with Gasteiger partial charge in [0.1, 0.15) is 12.4 Å². The standard InChI is InChI=1S/C26H34N6O2/c1-19(2)28-25(33)24(21-8-6-5-7-9-21)30-16-14-29(15-17-30)22-10-12-23(13-11-22)31-18-27-32(20(3)4)26(31)34/h5-13,18-20,24H,14-17H2,1-4H3,(H,28,33). The van der Waals surface area contributed by atoms with Gasteiger partial charge in [-0.15, -0.1) is 0 Å². The van der Waals surface area contributed by atoms with Crippen molar-refractivity contribution in [2.24, 2.45) is 0 Å². The number of amides is 1. The zero-order valence-corrected chi connectivity index (χ0v) is 20.4. The first-order valence-corrected chi connectivity index (χ1v) is 12.0. The molecule has 2 aromatic carbocycles. The topological polar surface area (TPSA) is 75.4 Å². The van der Waals surface area contributed by atoms with Crippen LogP contribution >= 0.6 is 0 Å². The van der Waals surface area contributed by atoms with Crippen LogP contribution in [0.3, 0.4) is 0 Å². The number of rotatable bonds is 7. The lowest BCUT2D eigenvalue weighted by Crippen LogP contribution is -2.51. The average molecular weight is 463 g/mol. The summed E-state index contributed by atoms with van der Waals surface area (Å²) in [7, 11) is 0. The Balaban J connectivity index is 1.45. The fraction of sp³-hybridized carbons (Fsp3) is 0.423. The second kappa shape index (κ2) is 10.3. The molecule has 1 atom stereocenters. The van der Waals surface area contributed by atoms with E-state index in [4.69, 9.17) is 0 Å². The number of benzene rings is 2. The maximum Gasteiger partial charge on any atom is 0.350 e. The molecule has 1 unspecified atom stereocenters. The largest absolute Gasteiger partial charge is 0.369 e. The minimum atomic E-state index is -0.294. The SMILES string of the molecule is CC(C)NC(=O)C(c1ccccc1)N1CCN(c2ccc(-n3cnn(C(C)C)c3=O)cc2)CC1. The van der Waals surface area contributed by atoms with E-state index in [0.717, 1.165) is 43.1 Å². The Morgan fingerprint density at radius 3 is 2.06 bits per heavy atom. The van der Waals surface area contributed by atoms with Gasteiger partial charge in [0.05, 0.1) is 11.7 Å². The van der Waals surface area contributed by atoms with Crippen LogP contribution in [0, 0.1) is 0 Å². The average Bonchev–Trinajstić information content (AvgIpc) is 3.22. The molecular weight excluding hydrogens is 428 g/mol. The number of piperazine rings is 1. The highest BCUT2D eigenvalue weighted by Gasteiger charge is 2.30. The van der Waals surface area contributed by atoms with E-state index in [2.05, 4.69) is 20.2 Å². The van der Waals surface area contributed by atoms with Crippen LogP contribution in [0.5, 0.6) is 0 Å². The normalized spacial score (nSPS) is 15.6. The Labute approximate surface area is 200 Å². The van der Waals surface area contributed by atoms with Crippen LogP contribution in [-0.4, -0.2) is 57.4 Å². The molecule has 1 saturated heterocycles. The molecule has 3 aromatic rings. The van der Waals surface area contributed by atoms with Gasteiger partial charge in [0.2, 0.25) is 5.91 Å². The van der Waals surface area contributed by atoms with E-state index >= 15 is 0 Å². The van der Waals surface area contributed by atoms with Crippen molar-refractivity contribution in [3.8, 4) is 5.69 Å². The summed E-state index contributed by atoms with van der Waals surface area (Å²) in [5, 5.41) is 7.29. The molecule has 1 aliphatic heterocycles. The zero-order valence-electron chi connectivity index (χ0n) is 20.4. The second-order valence-corrected chi connectivity index (χ2v) is 9.34. The third-order valence-corrected chi connectivity index (χ3v) is 6.15. The molecule has 0 bridgehead atoms. The van der Waals surface area contributed by atoms with Crippen LogP contribution in [0.2, 0.25) is 0 Å². The number of hydrogen-bond donors (Lipinski definition) is 1. The van der Waals surface area contributed by atoms with Crippen LogP contribution in [0.1, 0.15) is 45.3 Å². The summed E-state index contributed by atoms with van der Waals surface area (Å²) in [5.41, 5.74) is 2.79. The van der Waals surface area contributed by atoms with Gasteiger partial charge >= 0.3 is 5.69 Å². The van der Waals surface area contributed by atoms with E-state index in [0.29, 0.717) is 0 Å². The summed E-state index contributed by atoms with van der Waals surface area (Å²) in [4.78, 5) is 30.2. The van der Waals surface area contributed by atoms with Crippen molar-refractivity contribution in [3.63, 3.8) is 0 Å². The van der Waals surface area contributed by atoms with E-state index in [1.54, 1.807) is 10.9 Å². The molecule has 1 N–H and O–H groups in total. The van der Waals surface area contributed by atoms with Gasteiger partial charge < -0.3 is 10.2 Å². The quantitative estimate of drug-likeness (QED) is 0.584. The third-order valence-electron chi connectivity index (χ3n) is 6.15. The Kier molecular flexibility index (Phi) is 7.17. The maximum atomic E-state index is 13.0. The summed E-state index contributed by atoms with van der Waals surface area (Å²) in [6.45, 7) is 11.1. The molecular formula is C26H34N6O2. The number of carbonyl (C=O) groups excluding carboxylic acids is 1. The third kappa shape index (κ3) is 5.07. The van der Waals surface area contributed by atoms with Crippen LogP contribution in [-0.2, 0) is 4.79 Å². The minimum Gasteiger partial charge on any atom is -0.369 e. The van der Waals surface area contributed by atoms with Gasteiger partial charge in [-0.1, -0.05) is 30.3 Å². The van der Waals surface area contributed by atoms with Gasteiger partial charge in [-0.25, -0.2) is 14.0 Å². The number of aromatic nitrogens is 3. The number of carbonyl (C=O) groups is 1. The van der Waals surface area contributed by atoms with Gasteiger partial charge in [0, 0.05) is 37.9 Å². The highest BCUT2D eigenvalue weighted by Crippen LogP contribution is 2.25. The van der Waals surface area contributed by atoms with Crippen LogP contribution in [0.25, 0.3) is 5.69 Å². The van der Waals surface area contributed by atoms with Gasteiger partial charge in [-0.2, -0.15) is 5.10 Å². The number of nitrogens with one attached hydrogen (secondary N) is 1. The van der Waals surface area contributed by atoms with Gasteiger partial charge in [0.15, 0.2) is 0 Å². The molecule has 8 nitrogen and oxygen atoms in total. The molecule has 2 heterocycles. The van der Waals surface area contributed by atoms with Gasteiger partial charge in [0.25, 0.3) is 0 Å². The van der Waals surface area contributed by atoms with Gasteiger partial charge in [-0.05, 0) is 57.5 Å². The number of anilines is 1. The van der Waals surface area contributed by atoms with E-state index in [1.807, 2.05) is 82.3 Å². The van der Waals surface area contributed by atoms with Crippen LogP contribution < -0.4 is 15.9 Å². The first-order chi connectivity index (χ1) is 16.3. The molecule has 1 fully saturated rings. The molecule has 0 aliphatic carbocycles. The lowest BCUT2D eigenvalue weighted by atomic mass is 10.0. The Morgan fingerprint density at radius 2 is 1.50 bits per heavy atom.